The highest BCUT2D eigenvalue weighted by molar-refractivity contribution is 5.97. The number of carbonyl (C=O) groups is 2. The molecule has 0 unspecified atom stereocenters. The van der Waals surface area contributed by atoms with E-state index >= 15 is 0 Å². The average molecular weight is 371 g/mol. The Kier molecular flexibility index (Phi) is 6.20. The number of hydrogen-bond acceptors (Lipinski definition) is 6. The van der Waals surface area contributed by atoms with Crippen LogP contribution in [0.1, 0.15) is 23.1 Å². The molecule has 0 aliphatic carbocycles. The van der Waals surface area contributed by atoms with Crippen LogP contribution in [0, 0.1) is 6.92 Å². The van der Waals surface area contributed by atoms with Crippen molar-refractivity contribution >= 4 is 11.9 Å². The summed E-state index contributed by atoms with van der Waals surface area (Å²) in [6.07, 6.45) is 0. The fourth-order valence-corrected chi connectivity index (χ4v) is 3.31. The molecule has 0 radical (unpaired) electrons. The van der Waals surface area contributed by atoms with Crippen molar-refractivity contribution in [3.63, 3.8) is 0 Å². The normalized spacial score (nSPS) is 16.7. The summed E-state index contributed by atoms with van der Waals surface area (Å²) in [5.41, 5.74) is 1.79. The molecule has 1 aliphatic heterocycles. The van der Waals surface area contributed by atoms with E-state index < -0.39 is 12.1 Å². The maximum Gasteiger partial charge on any atom is 0.321 e. The summed E-state index contributed by atoms with van der Waals surface area (Å²) in [6.45, 7) is 5.66. The molecule has 0 saturated carbocycles. The smallest absolute Gasteiger partial charge is 0.321 e. The van der Waals surface area contributed by atoms with Gasteiger partial charge in [0, 0.05) is 45.8 Å². The van der Waals surface area contributed by atoms with E-state index in [0.29, 0.717) is 0 Å². The van der Waals surface area contributed by atoms with Crippen molar-refractivity contribution in [3.05, 3.63) is 53.4 Å². The third-order valence-electron chi connectivity index (χ3n) is 4.66. The van der Waals surface area contributed by atoms with Crippen LogP contribution in [0.15, 0.2) is 40.9 Å². The Balaban J connectivity index is 1.66. The first-order chi connectivity index (χ1) is 13.1. The van der Waals surface area contributed by atoms with Crippen LogP contribution in [0.25, 0.3) is 0 Å². The fraction of sp³-hybridized carbons (Fsp3) is 0.421. The third kappa shape index (κ3) is 4.93. The highest BCUT2D eigenvalue weighted by Gasteiger charge is 2.31. The number of carbonyl (C=O) groups excluding carboxylic acids is 2. The van der Waals surface area contributed by atoms with Gasteiger partial charge in [0.15, 0.2) is 0 Å². The highest BCUT2D eigenvalue weighted by Crippen LogP contribution is 2.23. The second-order valence-corrected chi connectivity index (χ2v) is 6.62. The monoisotopic (exact) mass is 371 g/mol. The predicted octanol–water partition coefficient (Wildman–Crippen LogP) is 1.30. The quantitative estimate of drug-likeness (QED) is 0.823. The number of amides is 3. The van der Waals surface area contributed by atoms with Crippen LogP contribution in [-0.4, -0.2) is 60.1 Å². The zero-order chi connectivity index (χ0) is 19.2. The second-order valence-electron chi connectivity index (χ2n) is 6.62. The molecular formula is C19H25N5O3. The van der Waals surface area contributed by atoms with Crippen molar-refractivity contribution in [2.75, 3.05) is 33.2 Å². The van der Waals surface area contributed by atoms with Gasteiger partial charge in [-0.1, -0.05) is 35.5 Å². The van der Waals surface area contributed by atoms with Gasteiger partial charge < -0.3 is 9.84 Å². The Morgan fingerprint density at radius 1 is 1.19 bits per heavy atom. The molecule has 1 saturated heterocycles. The molecule has 0 bridgehead atoms. The standard InChI is InChI=1S/C19H25N5O3/c1-14-12-16(22-27-14)13-23-8-10-24(11-9-23)17(15-6-4-3-5-7-15)18(25)21-19(26)20-2/h3-7,12,17H,8-11,13H2,1-2H3,(H2,20,21,25,26)/t17-/m1/s1. The number of rotatable bonds is 5. The molecule has 8 heteroatoms. The van der Waals surface area contributed by atoms with Gasteiger partial charge in [-0.2, -0.15) is 0 Å². The lowest BCUT2D eigenvalue weighted by Crippen LogP contribution is -2.52. The minimum atomic E-state index is -0.500. The molecule has 27 heavy (non-hydrogen) atoms. The number of urea groups is 1. The van der Waals surface area contributed by atoms with Crippen molar-refractivity contribution in [1.29, 1.82) is 0 Å². The van der Waals surface area contributed by atoms with Crippen LogP contribution >= 0.6 is 0 Å². The van der Waals surface area contributed by atoms with Gasteiger partial charge in [0.2, 0.25) is 5.91 Å². The maximum atomic E-state index is 12.7. The molecule has 2 N–H and O–H groups in total. The fourth-order valence-electron chi connectivity index (χ4n) is 3.31. The lowest BCUT2D eigenvalue weighted by atomic mass is 10.0. The zero-order valence-corrected chi connectivity index (χ0v) is 15.6. The van der Waals surface area contributed by atoms with E-state index in [1.807, 2.05) is 43.3 Å². The molecule has 3 amide bonds. The molecule has 8 nitrogen and oxygen atoms in total. The van der Waals surface area contributed by atoms with Gasteiger partial charge >= 0.3 is 6.03 Å². The minimum Gasteiger partial charge on any atom is -0.361 e. The molecule has 2 heterocycles. The topological polar surface area (TPSA) is 90.7 Å². The van der Waals surface area contributed by atoms with E-state index in [1.54, 1.807) is 0 Å². The predicted molar refractivity (Wildman–Crippen MR) is 99.9 cm³/mol. The number of hydrogen-bond donors (Lipinski definition) is 2. The maximum absolute atomic E-state index is 12.7. The Bertz CT molecular complexity index is 769. The van der Waals surface area contributed by atoms with Crippen LogP contribution in [-0.2, 0) is 11.3 Å². The van der Waals surface area contributed by atoms with Crippen LogP contribution in [0.5, 0.6) is 0 Å². The van der Waals surface area contributed by atoms with Crippen LogP contribution in [0.2, 0.25) is 0 Å². The van der Waals surface area contributed by atoms with Gasteiger partial charge in [-0.15, -0.1) is 0 Å². The van der Waals surface area contributed by atoms with Crippen molar-refractivity contribution < 1.29 is 14.1 Å². The van der Waals surface area contributed by atoms with E-state index in [9.17, 15) is 9.59 Å². The van der Waals surface area contributed by atoms with E-state index in [4.69, 9.17) is 4.52 Å². The molecule has 1 aliphatic rings. The number of nitrogens with zero attached hydrogens (tertiary/aromatic N) is 3. The van der Waals surface area contributed by atoms with E-state index in [2.05, 4.69) is 25.6 Å². The highest BCUT2D eigenvalue weighted by atomic mass is 16.5. The van der Waals surface area contributed by atoms with Gasteiger partial charge in [-0.25, -0.2) is 4.79 Å². The summed E-state index contributed by atoms with van der Waals surface area (Å²) >= 11 is 0. The van der Waals surface area contributed by atoms with E-state index in [-0.39, 0.29) is 5.91 Å². The molecule has 2 aromatic rings. The Labute approximate surface area is 158 Å². The first kappa shape index (κ1) is 19.1. The van der Waals surface area contributed by atoms with Crippen molar-refractivity contribution in [2.24, 2.45) is 0 Å². The molecule has 1 aromatic heterocycles. The summed E-state index contributed by atoms with van der Waals surface area (Å²) in [4.78, 5) is 28.7. The number of benzene rings is 1. The zero-order valence-electron chi connectivity index (χ0n) is 15.6. The summed E-state index contributed by atoms with van der Waals surface area (Å²) in [7, 11) is 1.49. The largest absolute Gasteiger partial charge is 0.361 e. The first-order valence-electron chi connectivity index (χ1n) is 9.03. The van der Waals surface area contributed by atoms with Crippen molar-refractivity contribution in [2.45, 2.75) is 19.5 Å². The van der Waals surface area contributed by atoms with Crippen molar-refractivity contribution in [1.82, 2.24) is 25.6 Å². The minimum absolute atomic E-state index is 0.318. The summed E-state index contributed by atoms with van der Waals surface area (Å²) in [5, 5.41) is 8.88. The van der Waals surface area contributed by atoms with Crippen molar-refractivity contribution in [3.8, 4) is 0 Å². The van der Waals surface area contributed by atoms with E-state index in [0.717, 1.165) is 49.7 Å². The Morgan fingerprint density at radius 2 is 1.89 bits per heavy atom. The number of nitrogens with one attached hydrogen (secondary N) is 2. The van der Waals surface area contributed by atoms with Gasteiger partial charge in [-0.3, -0.25) is 19.9 Å². The lowest BCUT2D eigenvalue weighted by molar-refractivity contribution is -0.126. The van der Waals surface area contributed by atoms with Crippen LogP contribution < -0.4 is 10.6 Å². The van der Waals surface area contributed by atoms with Crippen LogP contribution in [0.3, 0.4) is 0 Å². The molecule has 0 spiro atoms. The van der Waals surface area contributed by atoms with Gasteiger partial charge in [0.05, 0.1) is 5.69 Å². The summed E-state index contributed by atoms with van der Waals surface area (Å²) in [6, 6.07) is 10.5. The summed E-state index contributed by atoms with van der Waals surface area (Å²) < 4.78 is 5.12. The van der Waals surface area contributed by atoms with Gasteiger partial charge in [-0.05, 0) is 12.5 Å². The average Bonchev–Trinajstić information content (AvgIpc) is 3.09. The summed E-state index contributed by atoms with van der Waals surface area (Å²) in [5.74, 6) is 0.486. The lowest BCUT2D eigenvalue weighted by Gasteiger charge is -2.38. The van der Waals surface area contributed by atoms with E-state index in [1.165, 1.54) is 7.05 Å². The second kappa shape index (κ2) is 8.79. The molecule has 144 valence electrons. The number of piperazine rings is 1. The first-order valence-corrected chi connectivity index (χ1v) is 9.03. The molecular weight excluding hydrogens is 346 g/mol. The number of aryl methyl sites for hydroxylation is 1. The van der Waals surface area contributed by atoms with Gasteiger partial charge in [0.1, 0.15) is 11.8 Å². The van der Waals surface area contributed by atoms with Gasteiger partial charge in [0.25, 0.3) is 0 Å². The Hall–Kier alpha value is -2.71. The molecule has 1 atom stereocenters. The molecule has 1 fully saturated rings. The van der Waals surface area contributed by atoms with Crippen LogP contribution in [0.4, 0.5) is 4.79 Å². The third-order valence-corrected chi connectivity index (χ3v) is 4.66. The Morgan fingerprint density at radius 3 is 2.48 bits per heavy atom. The molecule has 3 rings (SSSR count). The SMILES string of the molecule is CNC(=O)NC(=O)[C@@H](c1ccccc1)N1CCN(Cc2cc(C)on2)CC1. The number of aromatic nitrogens is 1. The number of imide groups is 1. The molecule has 1 aromatic carbocycles.